The Morgan fingerprint density at radius 3 is 2.14 bits per heavy atom. The number of rotatable bonds is 5. The average molecular weight is 306 g/mol. The molecule has 1 saturated carbocycles. The standard InChI is InChI=1S/C9H11NO.C7H13NO.C2H6/c1-8(11)10-7-9-5-3-2-4-6-9;1-2-7(9)8-5-6-3-4-6;1-2/h2-6H,7H2,1H3,(H,10,11);6H,2-5H2,1H3,(H,8,9);1-2H3. The van der Waals surface area contributed by atoms with Gasteiger partial charge in [0.15, 0.2) is 0 Å². The Bertz CT molecular complexity index is 414. The van der Waals surface area contributed by atoms with Crippen molar-refractivity contribution in [2.75, 3.05) is 6.54 Å². The lowest BCUT2D eigenvalue weighted by molar-refractivity contribution is -0.121. The highest BCUT2D eigenvalue weighted by Crippen LogP contribution is 2.27. The molecular formula is C18H30N2O2. The van der Waals surface area contributed by atoms with Crippen molar-refractivity contribution in [3.63, 3.8) is 0 Å². The molecule has 0 aliphatic heterocycles. The molecule has 4 heteroatoms. The van der Waals surface area contributed by atoms with Gasteiger partial charge in [-0.3, -0.25) is 9.59 Å². The molecule has 1 aliphatic carbocycles. The van der Waals surface area contributed by atoms with Crippen molar-refractivity contribution in [1.82, 2.24) is 10.6 Å². The molecule has 1 aromatic carbocycles. The van der Waals surface area contributed by atoms with Gasteiger partial charge in [-0.25, -0.2) is 0 Å². The highest BCUT2D eigenvalue weighted by molar-refractivity contribution is 5.75. The summed E-state index contributed by atoms with van der Waals surface area (Å²) in [6.45, 7) is 8.92. The van der Waals surface area contributed by atoms with Gasteiger partial charge in [0.1, 0.15) is 0 Å². The van der Waals surface area contributed by atoms with Gasteiger partial charge in [0.2, 0.25) is 11.8 Å². The molecule has 22 heavy (non-hydrogen) atoms. The second-order valence-corrected chi connectivity index (χ2v) is 5.00. The Kier molecular flexibility index (Phi) is 11.8. The zero-order chi connectivity index (χ0) is 16.8. The molecule has 0 saturated heterocycles. The monoisotopic (exact) mass is 306 g/mol. The quantitative estimate of drug-likeness (QED) is 0.877. The van der Waals surface area contributed by atoms with Crippen molar-refractivity contribution >= 4 is 11.8 Å². The van der Waals surface area contributed by atoms with Crippen LogP contribution < -0.4 is 10.6 Å². The first-order chi connectivity index (χ1) is 10.6. The molecule has 1 fully saturated rings. The number of hydrogen-bond donors (Lipinski definition) is 2. The van der Waals surface area contributed by atoms with E-state index in [0.29, 0.717) is 13.0 Å². The minimum atomic E-state index is 0.00820. The summed E-state index contributed by atoms with van der Waals surface area (Å²) in [6.07, 6.45) is 3.24. The first-order valence-electron chi connectivity index (χ1n) is 8.16. The van der Waals surface area contributed by atoms with Crippen molar-refractivity contribution in [3.05, 3.63) is 35.9 Å². The lowest BCUT2D eigenvalue weighted by atomic mass is 10.2. The van der Waals surface area contributed by atoms with Crippen molar-refractivity contribution in [2.24, 2.45) is 5.92 Å². The second-order valence-electron chi connectivity index (χ2n) is 5.00. The van der Waals surface area contributed by atoms with Crippen LogP contribution in [0.25, 0.3) is 0 Å². The van der Waals surface area contributed by atoms with E-state index in [2.05, 4.69) is 10.6 Å². The fourth-order valence-corrected chi connectivity index (χ4v) is 1.53. The van der Waals surface area contributed by atoms with Gasteiger partial charge in [0.25, 0.3) is 0 Å². The van der Waals surface area contributed by atoms with E-state index in [4.69, 9.17) is 0 Å². The molecule has 1 aliphatic rings. The summed E-state index contributed by atoms with van der Waals surface area (Å²) < 4.78 is 0. The Balaban J connectivity index is 0.000000366. The summed E-state index contributed by atoms with van der Waals surface area (Å²) in [6, 6.07) is 9.83. The smallest absolute Gasteiger partial charge is 0.219 e. The van der Waals surface area contributed by atoms with Crippen molar-refractivity contribution in [1.29, 1.82) is 0 Å². The van der Waals surface area contributed by atoms with E-state index in [-0.39, 0.29) is 11.8 Å². The predicted octanol–water partition coefficient (Wildman–Crippen LogP) is 3.27. The third-order valence-electron chi connectivity index (χ3n) is 2.99. The summed E-state index contributed by atoms with van der Waals surface area (Å²) in [4.78, 5) is 21.1. The molecule has 2 amide bonds. The molecular weight excluding hydrogens is 276 g/mol. The van der Waals surface area contributed by atoms with Gasteiger partial charge in [0.05, 0.1) is 0 Å². The number of benzene rings is 1. The first kappa shape index (κ1) is 20.2. The lowest BCUT2D eigenvalue weighted by Gasteiger charge is -2.00. The maximum absolute atomic E-state index is 10.6. The van der Waals surface area contributed by atoms with E-state index in [1.165, 1.54) is 19.8 Å². The van der Waals surface area contributed by atoms with Gasteiger partial charge in [-0.2, -0.15) is 0 Å². The number of carbonyl (C=O) groups excluding carboxylic acids is 2. The van der Waals surface area contributed by atoms with E-state index < -0.39 is 0 Å². The third kappa shape index (κ3) is 11.9. The summed E-state index contributed by atoms with van der Waals surface area (Å²) in [5.74, 6) is 0.997. The summed E-state index contributed by atoms with van der Waals surface area (Å²) >= 11 is 0. The van der Waals surface area contributed by atoms with Crippen LogP contribution in [0.5, 0.6) is 0 Å². The zero-order valence-electron chi connectivity index (χ0n) is 14.3. The van der Waals surface area contributed by atoms with Crippen LogP contribution in [-0.4, -0.2) is 18.4 Å². The van der Waals surface area contributed by atoms with Gasteiger partial charge < -0.3 is 10.6 Å². The number of nitrogens with one attached hydrogen (secondary N) is 2. The van der Waals surface area contributed by atoms with Crippen LogP contribution in [0.1, 0.15) is 52.5 Å². The van der Waals surface area contributed by atoms with Crippen LogP contribution >= 0.6 is 0 Å². The second kappa shape index (κ2) is 12.9. The zero-order valence-corrected chi connectivity index (χ0v) is 14.3. The molecule has 0 spiro atoms. The molecule has 0 bridgehead atoms. The highest BCUT2D eigenvalue weighted by Gasteiger charge is 2.20. The van der Waals surface area contributed by atoms with Crippen LogP contribution in [0.4, 0.5) is 0 Å². The minimum absolute atomic E-state index is 0.00820. The van der Waals surface area contributed by atoms with Crippen LogP contribution in [0, 0.1) is 5.92 Å². The van der Waals surface area contributed by atoms with E-state index in [1.807, 2.05) is 51.1 Å². The predicted molar refractivity (Wildman–Crippen MR) is 91.3 cm³/mol. The largest absolute Gasteiger partial charge is 0.356 e. The van der Waals surface area contributed by atoms with Crippen LogP contribution in [0.2, 0.25) is 0 Å². The summed E-state index contributed by atoms with van der Waals surface area (Å²) in [7, 11) is 0. The molecule has 2 rings (SSSR count). The van der Waals surface area contributed by atoms with Gasteiger partial charge in [-0.1, -0.05) is 51.1 Å². The summed E-state index contributed by atoms with van der Waals surface area (Å²) in [5.41, 5.74) is 1.13. The first-order valence-corrected chi connectivity index (χ1v) is 8.16. The van der Waals surface area contributed by atoms with E-state index in [0.717, 1.165) is 18.0 Å². The molecule has 2 N–H and O–H groups in total. The van der Waals surface area contributed by atoms with Gasteiger partial charge in [-0.15, -0.1) is 0 Å². The summed E-state index contributed by atoms with van der Waals surface area (Å²) in [5, 5.41) is 5.58. The van der Waals surface area contributed by atoms with Crippen molar-refractivity contribution < 1.29 is 9.59 Å². The highest BCUT2D eigenvalue weighted by atomic mass is 16.2. The van der Waals surface area contributed by atoms with Gasteiger partial charge in [-0.05, 0) is 24.3 Å². The molecule has 124 valence electrons. The molecule has 0 aromatic heterocycles. The molecule has 4 nitrogen and oxygen atoms in total. The fraction of sp³-hybridized carbons (Fsp3) is 0.556. The topological polar surface area (TPSA) is 58.2 Å². The molecule has 0 radical (unpaired) electrons. The molecule has 0 heterocycles. The SMILES string of the molecule is CC.CC(=O)NCc1ccccc1.CCC(=O)NCC1CC1. The van der Waals surface area contributed by atoms with Crippen LogP contribution in [0.3, 0.4) is 0 Å². The number of carbonyl (C=O) groups is 2. The van der Waals surface area contributed by atoms with Gasteiger partial charge in [0, 0.05) is 26.4 Å². The van der Waals surface area contributed by atoms with E-state index >= 15 is 0 Å². The van der Waals surface area contributed by atoms with Crippen LogP contribution in [0.15, 0.2) is 30.3 Å². The maximum atomic E-state index is 10.6. The Morgan fingerprint density at radius 2 is 1.68 bits per heavy atom. The number of amides is 2. The average Bonchev–Trinajstić information content (AvgIpc) is 3.38. The Morgan fingerprint density at radius 1 is 1.09 bits per heavy atom. The Hall–Kier alpha value is -1.84. The fourth-order valence-electron chi connectivity index (χ4n) is 1.53. The normalized spacial score (nSPS) is 12.0. The third-order valence-corrected chi connectivity index (χ3v) is 2.99. The van der Waals surface area contributed by atoms with Crippen molar-refractivity contribution in [3.8, 4) is 0 Å². The molecule has 0 atom stereocenters. The number of hydrogen-bond acceptors (Lipinski definition) is 2. The minimum Gasteiger partial charge on any atom is -0.356 e. The molecule has 1 aromatic rings. The van der Waals surface area contributed by atoms with Gasteiger partial charge >= 0.3 is 0 Å². The van der Waals surface area contributed by atoms with E-state index in [1.54, 1.807) is 0 Å². The maximum Gasteiger partial charge on any atom is 0.219 e. The van der Waals surface area contributed by atoms with Crippen molar-refractivity contribution in [2.45, 2.75) is 53.5 Å². The van der Waals surface area contributed by atoms with E-state index in [9.17, 15) is 9.59 Å². The van der Waals surface area contributed by atoms with Crippen LogP contribution in [-0.2, 0) is 16.1 Å². The lowest BCUT2D eigenvalue weighted by Crippen LogP contribution is -2.24. The Labute approximate surface area is 134 Å². The molecule has 0 unspecified atom stereocenters.